The predicted octanol–water partition coefficient (Wildman–Crippen LogP) is 2.18. The minimum atomic E-state index is -0.265. The van der Waals surface area contributed by atoms with Gasteiger partial charge in [0.1, 0.15) is 5.75 Å². The number of carbonyl (C=O) groups excluding carboxylic acids is 1. The van der Waals surface area contributed by atoms with Crippen molar-refractivity contribution >= 4 is 11.6 Å². The molecule has 0 radical (unpaired) electrons. The Labute approximate surface area is 113 Å². The number of hydrogen-bond acceptors (Lipinski definition) is 4. The molecule has 5 heteroatoms. The van der Waals surface area contributed by atoms with E-state index in [0.717, 1.165) is 5.56 Å². The quantitative estimate of drug-likeness (QED) is 0.497. The van der Waals surface area contributed by atoms with Gasteiger partial charge in [0.15, 0.2) is 6.61 Å². The monoisotopic (exact) mass is 264 g/mol. The van der Waals surface area contributed by atoms with E-state index in [2.05, 4.69) is 10.5 Å². The van der Waals surface area contributed by atoms with Crippen molar-refractivity contribution in [3.8, 4) is 5.75 Å². The zero-order valence-corrected chi connectivity index (χ0v) is 11.7. The van der Waals surface area contributed by atoms with Gasteiger partial charge in [-0.2, -0.15) is 0 Å². The highest BCUT2D eigenvalue weighted by Gasteiger charge is 2.13. The Morgan fingerprint density at radius 1 is 1.32 bits per heavy atom. The number of amides is 1. The van der Waals surface area contributed by atoms with Crippen molar-refractivity contribution in [2.24, 2.45) is 5.16 Å². The molecule has 0 atom stereocenters. The summed E-state index contributed by atoms with van der Waals surface area (Å²) < 4.78 is 5.37. The van der Waals surface area contributed by atoms with Crippen LogP contribution >= 0.6 is 0 Å². The van der Waals surface area contributed by atoms with Crippen LogP contribution in [0, 0.1) is 0 Å². The Kier molecular flexibility index (Phi) is 4.92. The third-order valence-corrected chi connectivity index (χ3v) is 2.31. The molecule has 0 bridgehead atoms. The van der Waals surface area contributed by atoms with Crippen LogP contribution in [0.5, 0.6) is 5.75 Å². The average Bonchev–Trinajstić information content (AvgIpc) is 2.34. The maximum absolute atomic E-state index is 11.6. The summed E-state index contributed by atoms with van der Waals surface area (Å²) in [5.74, 6) is 0.434. The minimum absolute atomic E-state index is 0.0241. The zero-order chi connectivity index (χ0) is 14.5. The Morgan fingerprint density at radius 3 is 2.37 bits per heavy atom. The van der Waals surface area contributed by atoms with E-state index >= 15 is 0 Å². The molecule has 104 valence electrons. The highest BCUT2D eigenvalue weighted by Crippen LogP contribution is 2.12. The fraction of sp³-hybridized carbons (Fsp3) is 0.429. The summed E-state index contributed by atoms with van der Waals surface area (Å²) in [6.07, 6.45) is 0. The fourth-order valence-electron chi connectivity index (χ4n) is 1.45. The summed E-state index contributed by atoms with van der Waals surface area (Å²) in [7, 11) is 0. The standard InChI is InChI=1S/C14H20N2O3/c1-10(16-18)11-5-7-12(8-6-11)19-9-13(17)15-14(2,3)4/h5-8,18H,9H2,1-4H3,(H,15,17). The lowest BCUT2D eigenvalue weighted by molar-refractivity contribution is -0.124. The van der Waals surface area contributed by atoms with Crippen LogP contribution in [0.3, 0.4) is 0 Å². The van der Waals surface area contributed by atoms with Gasteiger partial charge in [-0.1, -0.05) is 5.16 Å². The summed E-state index contributed by atoms with van der Waals surface area (Å²) in [6, 6.07) is 7.00. The van der Waals surface area contributed by atoms with E-state index in [0.29, 0.717) is 11.5 Å². The van der Waals surface area contributed by atoms with E-state index in [1.165, 1.54) is 0 Å². The molecule has 0 aliphatic heterocycles. The summed E-state index contributed by atoms with van der Waals surface area (Å²) in [6.45, 7) is 7.42. The second-order valence-corrected chi connectivity index (χ2v) is 5.30. The molecule has 0 saturated carbocycles. The fourth-order valence-corrected chi connectivity index (χ4v) is 1.45. The molecule has 0 unspecified atom stereocenters. The molecule has 0 heterocycles. The molecule has 1 aromatic rings. The van der Waals surface area contributed by atoms with Gasteiger partial charge in [0.25, 0.3) is 5.91 Å². The molecular weight excluding hydrogens is 244 g/mol. The van der Waals surface area contributed by atoms with E-state index < -0.39 is 0 Å². The first-order valence-electron chi connectivity index (χ1n) is 6.05. The number of benzene rings is 1. The van der Waals surface area contributed by atoms with Crippen LogP contribution in [0.25, 0.3) is 0 Å². The van der Waals surface area contributed by atoms with Gasteiger partial charge >= 0.3 is 0 Å². The molecule has 0 saturated heterocycles. The molecule has 1 rings (SSSR count). The van der Waals surface area contributed by atoms with Gasteiger partial charge in [-0.15, -0.1) is 0 Å². The van der Waals surface area contributed by atoms with Crippen molar-refractivity contribution < 1.29 is 14.7 Å². The van der Waals surface area contributed by atoms with Crippen molar-refractivity contribution in [1.82, 2.24) is 5.32 Å². The highest BCUT2D eigenvalue weighted by atomic mass is 16.5. The van der Waals surface area contributed by atoms with Gasteiger partial charge in [-0.3, -0.25) is 4.79 Å². The number of oxime groups is 1. The van der Waals surface area contributed by atoms with E-state index in [1.54, 1.807) is 31.2 Å². The van der Waals surface area contributed by atoms with Crippen LogP contribution in [0.1, 0.15) is 33.3 Å². The number of hydrogen-bond donors (Lipinski definition) is 2. The first-order valence-corrected chi connectivity index (χ1v) is 6.05. The molecule has 19 heavy (non-hydrogen) atoms. The first kappa shape index (κ1) is 15.0. The predicted molar refractivity (Wildman–Crippen MR) is 73.8 cm³/mol. The van der Waals surface area contributed by atoms with Crippen molar-refractivity contribution in [2.75, 3.05) is 6.61 Å². The van der Waals surface area contributed by atoms with Crippen LogP contribution in [0.2, 0.25) is 0 Å². The largest absolute Gasteiger partial charge is 0.484 e. The van der Waals surface area contributed by atoms with Crippen molar-refractivity contribution in [3.63, 3.8) is 0 Å². The second-order valence-electron chi connectivity index (χ2n) is 5.30. The second kappa shape index (κ2) is 6.22. The summed E-state index contributed by atoms with van der Waals surface area (Å²) in [5, 5.41) is 14.6. The van der Waals surface area contributed by atoms with E-state index in [4.69, 9.17) is 9.94 Å². The molecule has 1 amide bonds. The molecular formula is C14H20N2O3. The van der Waals surface area contributed by atoms with E-state index in [9.17, 15) is 4.79 Å². The molecule has 0 fully saturated rings. The molecule has 2 N–H and O–H groups in total. The van der Waals surface area contributed by atoms with Gasteiger partial charge in [-0.25, -0.2) is 0 Å². The lowest BCUT2D eigenvalue weighted by Gasteiger charge is -2.20. The molecule has 1 aromatic carbocycles. The minimum Gasteiger partial charge on any atom is -0.484 e. The molecule has 0 aromatic heterocycles. The third-order valence-electron chi connectivity index (χ3n) is 2.31. The SMILES string of the molecule is CC(=NO)c1ccc(OCC(=O)NC(C)(C)C)cc1. The Bertz CT molecular complexity index is 459. The normalized spacial score (nSPS) is 12.1. The van der Waals surface area contributed by atoms with Crippen LogP contribution in [0.15, 0.2) is 29.4 Å². The number of nitrogens with one attached hydrogen (secondary N) is 1. The number of nitrogens with zero attached hydrogens (tertiary/aromatic N) is 1. The van der Waals surface area contributed by atoms with E-state index in [-0.39, 0.29) is 18.1 Å². The third kappa shape index (κ3) is 5.42. The van der Waals surface area contributed by atoms with Gasteiger partial charge < -0.3 is 15.3 Å². The number of carbonyl (C=O) groups is 1. The number of rotatable bonds is 4. The van der Waals surface area contributed by atoms with Gasteiger partial charge in [-0.05, 0) is 57.5 Å². The van der Waals surface area contributed by atoms with Crippen LogP contribution in [0.4, 0.5) is 0 Å². The molecule has 0 spiro atoms. The van der Waals surface area contributed by atoms with Crippen LogP contribution in [-0.2, 0) is 4.79 Å². The van der Waals surface area contributed by atoms with Crippen molar-refractivity contribution in [2.45, 2.75) is 33.2 Å². The van der Waals surface area contributed by atoms with E-state index in [1.807, 2.05) is 20.8 Å². The smallest absolute Gasteiger partial charge is 0.258 e. The van der Waals surface area contributed by atoms with Crippen molar-refractivity contribution in [3.05, 3.63) is 29.8 Å². The first-order chi connectivity index (χ1) is 8.81. The Hall–Kier alpha value is -2.04. The van der Waals surface area contributed by atoms with Crippen molar-refractivity contribution in [1.29, 1.82) is 0 Å². The Balaban J connectivity index is 2.53. The average molecular weight is 264 g/mol. The van der Waals surface area contributed by atoms with Gasteiger partial charge in [0.2, 0.25) is 0 Å². The maximum Gasteiger partial charge on any atom is 0.258 e. The lowest BCUT2D eigenvalue weighted by atomic mass is 10.1. The topological polar surface area (TPSA) is 70.9 Å². The number of ether oxygens (including phenoxy) is 1. The zero-order valence-electron chi connectivity index (χ0n) is 11.7. The summed E-state index contributed by atoms with van der Waals surface area (Å²) >= 11 is 0. The summed E-state index contributed by atoms with van der Waals surface area (Å²) in [4.78, 5) is 11.6. The van der Waals surface area contributed by atoms with Gasteiger partial charge in [0.05, 0.1) is 5.71 Å². The molecule has 0 aliphatic carbocycles. The van der Waals surface area contributed by atoms with Crippen LogP contribution in [-0.4, -0.2) is 29.0 Å². The lowest BCUT2D eigenvalue weighted by Crippen LogP contribution is -2.43. The molecule has 5 nitrogen and oxygen atoms in total. The highest BCUT2D eigenvalue weighted by molar-refractivity contribution is 5.98. The Morgan fingerprint density at radius 2 is 1.89 bits per heavy atom. The summed E-state index contributed by atoms with van der Waals surface area (Å²) in [5.41, 5.74) is 1.06. The van der Waals surface area contributed by atoms with Gasteiger partial charge in [0, 0.05) is 5.54 Å². The molecule has 0 aliphatic rings. The van der Waals surface area contributed by atoms with Crippen LogP contribution < -0.4 is 10.1 Å². The maximum atomic E-state index is 11.6.